The van der Waals surface area contributed by atoms with Gasteiger partial charge in [0.1, 0.15) is 17.0 Å². The first-order valence-electron chi connectivity index (χ1n) is 7.60. The zero-order chi connectivity index (χ0) is 20.2. The van der Waals surface area contributed by atoms with Crippen molar-refractivity contribution in [2.75, 3.05) is 11.9 Å². The number of hydrogen-bond acceptors (Lipinski definition) is 6. The summed E-state index contributed by atoms with van der Waals surface area (Å²) in [5.41, 5.74) is -0.528. The van der Waals surface area contributed by atoms with E-state index in [-0.39, 0.29) is 20.3 Å². The van der Waals surface area contributed by atoms with E-state index in [0.717, 1.165) is 6.07 Å². The van der Waals surface area contributed by atoms with E-state index in [2.05, 4.69) is 10.3 Å². The number of amides is 2. The summed E-state index contributed by atoms with van der Waals surface area (Å²) in [6.07, 6.45) is 0. The summed E-state index contributed by atoms with van der Waals surface area (Å²) >= 11 is 0.666. The van der Waals surface area contributed by atoms with Crippen molar-refractivity contribution in [3.8, 4) is 0 Å². The van der Waals surface area contributed by atoms with Crippen molar-refractivity contribution < 1.29 is 31.2 Å². The van der Waals surface area contributed by atoms with Crippen LogP contribution in [0.4, 0.5) is 18.3 Å². The highest BCUT2D eigenvalue weighted by Crippen LogP contribution is 2.32. The quantitative estimate of drug-likeness (QED) is 0.648. The number of carbonyl (C=O) groups excluding carboxylic acids is 2. The molecule has 1 aromatic heterocycles. The number of anilines is 1. The Balaban J connectivity index is 1.58. The minimum atomic E-state index is -4.18. The van der Waals surface area contributed by atoms with Crippen molar-refractivity contribution in [2.24, 2.45) is 0 Å². The summed E-state index contributed by atoms with van der Waals surface area (Å²) in [7, 11) is -4.18. The lowest BCUT2D eigenvalue weighted by atomic mass is 10.2. The normalized spacial score (nSPS) is 15.1. The van der Waals surface area contributed by atoms with Gasteiger partial charge in [-0.25, -0.2) is 30.9 Å². The van der Waals surface area contributed by atoms with Crippen LogP contribution in [0.2, 0.25) is 0 Å². The van der Waals surface area contributed by atoms with Gasteiger partial charge < -0.3 is 5.32 Å². The fourth-order valence-electron chi connectivity index (χ4n) is 2.70. The van der Waals surface area contributed by atoms with Gasteiger partial charge in [-0.15, -0.1) is 0 Å². The Morgan fingerprint density at radius 3 is 2.61 bits per heavy atom. The molecular weight excluding hydrogens is 419 g/mol. The van der Waals surface area contributed by atoms with Crippen molar-refractivity contribution in [3.63, 3.8) is 0 Å². The van der Waals surface area contributed by atoms with Gasteiger partial charge in [0.05, 0.1) is 10.3 Å². The standard InChI is InChI=1S/C16H8F3N3O4S2/c17-8-5-9-14(13(19)12(8)18)21-16(27-9)20-11(23)6-22-15(24)7-3-1-2-4-10(7)28(22,25)26/h1-5H,6H2,(H,20,21,23). The number of nitrogens with one attached hydrogen (secondary N) is 1. The van der Waals surface area contributed by atoms with Crippen LogP contribution in [-0.4, -0.2) is 36.1 Å². The molecule has 4 rings (SSSR count). The third kappa shape index (κ3) is 2.72. The first-order valence-corrected chi connectivity index (χ1v) is 9.86. The summed E-state index contributed by atoms with van der Waals surface area (Å²) in [5, 5.41) is 2.00. The van der Waals surface area contributed by atoms with E-state index in [0.29, 0.717) is 15.6 Å². The van der Waals surface area contributed by atoms with Crippen LogP contribution < -0.4 is 5.32 Å². The Kier molecular flexibility index (Phi) is 4.12. The number of carbonyl (C=O) groups is 2. The van der Waals surface area contributed by atoms with Gasteiger partial charge in [-0.05, 0) is 18.2 Å². The molecule has 0 saturated carbocycles. The molecule has 0 fully saturated rings. The average molecular weight is 427 g/mol. The lowest BCUT2D eigenvalue weighted by Crippen LogP contribution is -2.37. The third-order valence-corrected chi connectivity index (χ3v) is 6.67. The number of benzene rings is 2. The molecule has 0 bridgehead atoms. The zero-order valence-electron chi connectivity index (χ0n) is 13.6. The Hall–Kier alpha value is -2.99. The highest BCUT2D eigenvalue weighted by atomic mass is 32.2. The number of fused-ring (bicyclic) bond motifs is 2. The second kappa shape index (κ2) is 6.27. The van der Waals surface area contributed by atoms with Crippen molar-refractivity contribution in [2.45, 2.75) is 4.90 Å². The number of aromatic nitrogens is 1. The molecule has 1 N–H and O–H groups in total. The van der Waals surface area contributed by atoms with Gasteiger partial charge in [-0.1, -0.05) is 23.5 Å². The largest absolute Gasteiger partial charge is 0.300 e. The van der Waals surface area contributed by atoms with E-state index >= 15 is 0 Å². The maximum absolute atomic E-state index is 13.7. The maximum atomic E-state index is 13.7. The molecule has 2 aromatic carbocycles. The summed E-state index contributed by atoms with van der Waals surface area (Å²) < 4.78 is 65.5. The van der Waals surface area contributed by atoms with Crippen LogP contribution >= 0.6 is 11.3 Å². The van der Waals surface area contributed by atoms with Crippen LogP contribution in [0.25, 0.3) is 10.2 Å². The minimum Gasteiger partial charge on any atom is -0.300 e. The summed E-state index contributed by atoms with van der Waals surface area (Å²) in [4.78, 5) is 28.0. The van der Waals surface area contributed by atoms with E-state index in [1.54, 1.807) is 0 Å². The molecule has 0 spiro atoms. The molecule has 1 aliphatic heterocycles. The Morgan fingerprint density at radius 2 is 1.89 bits per heavy atom. The molecule has 0 atom stereocenters. The van der Waals surface area contributed by atoms with Gasteiger partial charge >= 0.3 is 0 Å². The van der Waals surface area contributed by atoms with E-state index in [1.807, 2.05) is 0 Å². The summed E-state index contributed by atoms with van der Waals surface area (Å²) in [6.45, 7) is -0.836. The zero-order valence-corrected chi connectivity index (χ0v) is 15.2. The van der Waals surface area contributed by atoms with Crippen molar-refractivity contribution in [1.29, 1.82) is 0 Å². The van der Waals surface area contributed by atoms with Crippen molar-refractivity contribution in [1.82, 2.24) is 9.29 Å². The number of halogens is 3. The Bertz CT molecular complexity index is 1270. The van der Waals surface area contributed by atoms with Crippen LogP contribution in [0.5, 0.6) is 0 Å². The van der Waals surface area contributed by atoms with Crippen molar-refractivity contribution in [3.05, 3.63) is 53.3 Å². The first kappa shape index (κ1) is 18.4. The van der Waals surface area contributed by atoms with E-state index in [9.17, 15) is 31.2 Å². The highest BCUT2D eigenvalue weighted by molar-refractivity contribution is 7.90. The summed E-state index contributed by atoms with van der Waals surface area (Å²) in [5.74, 6) is -6.38. The topological polar surface area (TPSA) is 96.4 Å². The molecule has 28 heavy (non-hydrogen) atoms. The van der Waals surface area contributed by atoms with Gasteiger partial charge in [0.25, 0.3) is 15.9 Å². The molecule has 0 saturated heterocycles. The second-order valence-corrected chi connectivity index (χ2v) is 8.57. The molecule has 0 radical (unpaired) electrons. The number of nitrogens with zero attached hydrogens (tertiary/aromatic N) is 2. The second-order valence-electron chi connectivity index (χ2n) is 5.71. The molecule has 0 aliphatic carbocycles. The predicted octanol–water partition coefficient (Wildman–Crippen LogP) is 2.50. The van der Waals surface area contributed by atoms with Gasteiger partial charge in [-0.2, -0.15) is 0 Å². The van der Waals surface area contributed by atoms with E-state index in [4.69, 9.17) is 0 Å². The number of hydrogen-bond donors (Lipinski definition) is 1. The van der Waals surface area contributed by atoms with E-state index in [1.165, 1.54) is 24.3 Å². The Labute approximate surface area is 159 Å². The molecule has 1 aliphatic rings. The van der Waals surface area contributed by atoms with Crippen LogP contribution in [0.1, 0.15) is 10.4 Å². The number of sulfonamides is 1. The molecular formula is C16H8F3N3O4S2. The smallest absolute Gasteiger partial charge is 0.269 e. The molecule has 0 unspecified atom stereocenters. The predicted molar refractivity (Wildman–Crippen MR) is 92.8 cm³/mol. The lowest BCUT2D eigenvalue weighted by molar-refractivity contribution is -0.116. The SMILES string of the molecule is O=C(CN1C(=O)c2ccccc2S1(=O)=O)Nc1nc2c(F)c(F)c(F)cc2s1. The fourth-order valence-corrected chi connectivity index (χ4v) is 5.13. The number of thiazole rings is 1. The molecule has 2 amide bonds. The van der Waals surface area contributed by atoms with Crippen LogP contribution in [0.15, 0.2) is 35.2 Å². The molecule has 144 valence electrons. The minimum absolute atomic E-state index is 0.0519. The molecule has 12 heteroatoms. The van der Waals surface area contributed by atoms with Crippen LogP contribution in [-0.2, 0) is 14.8 Å². The molecule has 3 aromatic rings. The lowest BCUT2D eigenvalue weighted by Gasteiger charge is -2.13. The van der Waals surface area contributed by atoms with Crippen LogP contribution in [0.3, 0.4) is 0 Å². The monoisotopic (exact) mass is 427 g/mol. The first-order chi connectivity index (χ1) is 13.2. The number of rotatable bonds is 3. The van der Waals surface area contributed by atoms with Gasteiger partial charge in [0.2, 0.25) is 5.91 Å². The van der Waals surface area contributed by atoms with Crippen molar-refractivity contribution >= 4 is 48.5 Å². The molecule has 7 nitrogen and oxygen atoms in total. The fraction of sp³-hybridized carbons (Fsp3) is 0.0625. The van der Waals surface area contributed by atoms with Gasteiger partial charge in [0, 0.05) is 0 Å². The van der Waals surface area contributed by atoms with Gasteiger partial charge in [0.15, 0.2) is 22.6 Å². The van der Waals surface area contributed by atoms with Crippen LogP contribution in [0, 0.1) is 17.5 Å². The average Bonchev–Trinajstić information content (AvgIpc) is 3.13. The van der Waals surface area contributed by atoms with E-state index < -0.39 is 51.4 Å². The van der Waals surface area contributed by atoms with Gasteiger partial charge in [-0.3, -0.25) is 9.59 Å². The summed E-state index contributed by atoms with van der Waals surface area (Å²) in [6, 6.07) is 6.24. The third-order valence-electron chi connectivity index (χ3n) is 3.97. The maximum Gasteiger partial charge on any atom is 0.269 e. The highest BCUT2D eigenvalue weighted by Gasteiger charge is 2.41. The Morgan fingerprint density at radius 1 is 1.18 bits per heavy atom. The molecule has 2 heterocycles.